The molecule has 6 nitrogen and oxygen atoms in total. The number of piperazine rings is 1. The van der Waals surface area contributed by atoms with E-state index in [9.17, 15) is 13.2 Å². The van der Waals surface area contributed by atoms with Gasteiger partial charge in [-0.3, -0.25) is 9.69 Å². The number of likely N-dealkylation sites (tertiary alicyclic amines) is 1. The van der Waals surface area contributed by atoms with Crippen LogP contribution in [0.4, 0.5) is 0 Å². The number of rotatable bonds is 4. The molecule has 2 heterocycles. The summed E-state index contributed by atoms with van der Waals surface area (Å²) in [6.07, 6.45) is 3.20. The number of hydrogen-bond acceptors (Lipinski definition) is 5. The maximum atomic E-state index is 12.9. The van der Waals surface area contributed by atoms with Gasteiger partial charge in [0.1, 0.15) is 0 Å². The summed E-state index contributed by atoms with van der Waals surface area (Å²) in [5.74, 6) is 0.192. The first-order valence-corrected chi connectivity index (χ1v) is 11.2. The Hall–Kier alpha value is -1.70. The molecule has 0 radical (unpaired) electrons. The zero-order chi connectivity index (χ0) is 19.7. The highest BCUT2D eigenvalue weighted by atomic mass is 32.2. The summed E-state index contributed by atoms with van der Waals surface area (Å²) in [4.78, 5) is 17.3. The average Bonchev–Trinajstić information content (AvgIpc) is 2.59. The number of Topliss-reactive ketones (excluding diaryl/α,β-unsaturated/α-hetero) is 1. The second-order valence-corrected chi connectivity index (χ2v) is 10.2. The Morgan fingerprint density at radius 3 is 2.30 bits per heavy atom. The summed E-state index contributed by atoms with van der Waals surface area (Å²) >= 11 is 0. The molecular weight excluding hydrogens is 362 g/mol. The van der Waals surface area contributed by atoms with Gasteiger partial charge in [0.25, 0.3) is 0 Å². The number of sulfonamides is 1. The SMILES string of the molecule is CC1(C)CN(Cc2ccccc2)C/C(=C/N2CCN(S(C)(=O)=O)CC2)C1=O. The van der Waals surface area contributed by atoms with Crippen LogP contribution in [0.1, 0.15) is 19.4 Å². The van der Waals surface area contributed by atoms with Gasteiger partial charge in [0.05, 0.1) is 6.26 Å². The molecule has 0 unspecified atom stereocenters. The van der Waals surface area contributed by atoms with Crippen LogP contribution >= 0.6 is 0 Å². The smallest absolute Gasteiger partial charge is 0.211 e. The van der Waals surface area contributed by atoms with E-state index in [1.54, 1.807) is 0 Å². The van der Waals surface area contributed by atoms with E-state index >= 15 is 0 Å². The van der Waals surface area contributed by atoms with Crippen molar-refractivity contribution in [3.8, 4) is 0 Å². The quantitative estimate of drug-likeness (QED) is 0.729. The minimum atomic E-state index is -3.14. The van der Waals surface area contributed by atoms with E-state index < -0.39 is 15.4 Å². The van der Waals surface area contributed by atoms with Crippen molar-refractivity contribution in [3.05, 3.63) is 47.7 Å². The molecule has 0 saturated carbocycles. The predicted octanol–water partition coefficient (Wildman–Crippen LogP) is 1.56. The van der Waals surface area contributed by atoms with Crippen LogP contribution in [0.2, 0.25) is 0 Å². The highest BCUT2D eigenvalue weighted by Crippen LogP contribution is 2.30. The highest BCUT2D eigenvalue weighted by molar-refractivity contribution is 7.88. The fourth-order valence-corrected chi connectivity index (χ4v) is 4.70. The van der Waals surface area contributed by atoms with Gasteiger partial charge in [-0.25, -0.2) is 8.42 Å². The fourth-order valence-electron chi connectivity index (χ4n) is 3.87. The lowest BCUT2D eigenvalue weighted by atomic mass is 9.80. The highest BCUT2D eigenvalue weighted by Gasteiger charge is 2.38. The summed E-state index contributed by atoms with van der Waals surface area (Å²) in [5, 5.41) is 0. The zero-order valence-corrected chi connectivity index (χ0v) is 17.2. The Kier molecular flexibility index (Phi) is 5.74. The molecule has 1 aromatic rings. The first kappa shape index (κ1) is 20.0. The molecule has 0 spiro atoms. The van der Waals surface area contributed by atoms with Gasteiger partial charge in [0.2, 0.25) is 10.0 Å². The molecule has 2 saturated heterocycles. The van der Waals surface area contributed by atoms with E-state index in [4.69, 9.17) is 0 Å². The summed E-state index contributed by atoms with van der Waals surface area (Å²) < 4.78 is 24.8. The van der Waals surface area contributed by atoms with Crippen LogP contribution in [0.3, 0.4) is 0 Å². The van der Waals surface area contributed by atoms with E-state index in [1.807, 2.05) is 38.2 Å². The molecule has 27 heavy (non-hydrogen) atoms. The molecule has 1 aromatic carbocycles. The molecule has 0 aromatic heterocycles. The van der Waals surface area contributed by atoms with Gasteiger partial charge < -0.3 is 4.90 Å². The third-order valence-electron chi connectivity index (χ3n) is 5.25. The molecule has 0 amide bonds. The van der Waals surface area contributed by atoms with Gasteiger partial charge >= 0.3 is 0 Å². The topological polar surface area (TPSA) is 60.9 Å². The number of nitrogens with zero attached hydrogens (tertiary/aromatic N) is 3. The summed E-state index contributed by atoms with van der Waals surface area (Å²) in [7, 11) is -3.14. The minimum Gasteiger partial charge on any atom is -0.374 e. The Morgan fingerprint density at radius 1 is 1.07 bits per heavy atom. The van der Waals surface area contributed by atoms with E-state index in [-0.39, 0.29) is 5.78 Å². The lowest BCUT2D eigenvalue weighted by Crippen LogP contribution is -2.49. The van der Waals surface area contributed by atoms with Gasteiger partial charge in [-0.05, 0) is 5.56 Å². The Labute approximate surface area is 162 Å². The Morgan fingerprint density at radius 2 is 1.70 bits per heavy atom. The Balaban J connectivity index is 1.71. The van der Waals surface area contributed by atoms with Crippen molar-refractivity contribution >= 4 is 15.8 Å². The zero-order valence-electron chi connectivity index (χ0n) is 16.4. The molecule has 0 aliphatic carbocycles. The van der Waals surface area contributed by atoms with Crippen molar-refractivity contribution in [2.24, 2.45) is 5.41 Å². The molecule has 2 aliphatic rings. The molecule has 7 heteroatoms. The van der Waals surface area contributed by atoms with Crippen molar-refractivity contribution in [1.29, 1.82) is 0 Å². The second kappa shape index (κ2) is 7.73. The van der Waals surface area contributed by atoms with Crippen LogP contribution < -0.4 is 0 Å². The van der Waals surface area contributed by atoms with E-state index in [0.717, 1.165) is 18.7 Å². The number of benzene rings is 1. The molecule has 148 valence electrons. The Bertz CT molecular complexity index is 810. The van der Waals surface area contributed by atoms with Crippen molar-refractivity contribution < 1.29 is 13.2 Å². The number of carbonyl (C=O) groups is 1. The minimum absolute atomic E-state index is 0.192. The van der Waals surface area contributed by atoms with Gasteiger partial charge in [-0.2, -0.15) is 4.31 Å². The van der Waals surface area contributed by atoms with Crippen LogP contribution in [-0.4, -0.2) is 73.8 Å². The van der Waals surface area contributed by atoms with E-state index in [0.29, 0.717) is 32.7 Å². The lowest BCUT2D eigenvalue weighted by Gasteiger charge is -2.39. The second-order valence-electron chi connectivity index (χ2n) is 8.20. The van der Waals surface area contributed by atoms with Gasteiger partial charge in [-0.15, -0.1) is 0 Å². The first-order valence-electron chi connectivity index (χ1n) is 9.36. The average molecular weight is 392 g/mol. The first-order chi connectivity index (χ1) is 12.6. The van der Waals surface area contributed by atoms with Crippen molar-refractivity contribution in [3.63, 3.8) is 0 Å². The number of piperidine rings is 1. The molecular formula is C20H29N3O3S. The fraction of sp³-hybridized carbons (Fsp3) is 0.550. The molecule has 2 aliphatic heterocycles. The standard InChI is InChI=1S/C20H29N3O3S/c1-20(2)16-22(13-17-7-5-4-6-8-17)15-18(19(20)24)14-21-9-11-23(12-10-21)27(3,25)26/h4-8,14H,9-13,15-16H2,1-3H3/b18-14-. The normalized spacial score (nSPS) is 23.7. The molecule has 0 bridgehead atoms. The van der Waals surface area contributed by atoms with Crippen molar-refractivity contribution in [1.82, 2.24) is 14.1 Å². The van der Waals surface area contributed by atoms with Gasteiger partial charge in [0.15, 0.2) is 5.78 Å². The van der Waals surface area contributed by atoms with Crippen molar-refractivity contribution in [2.45, 2.75) is 20.4 Å². The summed E-state index contributed by atoms with van der Waals surface area (Å²) in [5.41, 5.74) is 1.63. The summed E-state index contributed by atoms with van der Waals surface area (Å²) in [6, 6.07) is 10.3. The van der Waals surface area contributed by atoms with Gasteiger partial charge in [0, 0.05) is 63.0 Å². The number of hydrogen-bond donors (Lipinski definition) is 0. The van der Waals surface area contributed by atoms with Crippen LogP contribution in [0.5, 0.6) is 0 Å². The maximum Gasteiger partial charge on any atom is 0.211 e. The van der Waals surface area contributed by atoms with Crippen LogP contribution in [0, 0.1) is 5.41 Å². The molecule has 3 rings (SSSR count). The van der Waals surface area contributed by atoms with E-state index in [1.165, 1.54) is 16.1 Å². The third kappa shape index (κ3) is 4.97. The number of carbonyl (C=O) groups excluding carboxylic acids is 1. The molecule has 0 N–H and O–H groups in total. The molecule has 2 fully saturated rings. The predicted molar refractivity (Wildman–Crippen MR) is 107 cm³/mol. The molecule has 0 atom stereocenters. The van der Waals surface area contributed by atoms with Crippen molar-refractivity contribution in [2.75, 3.05) is 45.5 Å². The van der Waals surface area contributed by atoms with Gasteiger partial charge in [-0.1, -0.05) is 44.2 Å². The number of ketones is 1. The largest absolute Gasteiger partial charge is 0.374 e. The lowest BCUT2D eigenvalue weighted by molar-refractivity contribution is -0.126. The van der Waals surface area contributed by atoms with Crippen LogP contribution in [-0.2, 0) is 21.4 Å². The third-order valence-corrected chi connectivity index (χ3v) is 6.55. The monoisotopic (exact) mass is 391 g/mol. The maximum absolute atomic E-state index is 12.9. The summed E-state index contributed by atoms with van der Waals surface area (Å²) in [6.45, 7) is 8.34. The van der Waals surface area contributed by atoms with E-state index in [2.05, 4.69) is 21.9 Å². The van der Waals surface area contributed by atoms with Crippen LogP contribution in [0.25, 0.3) is 0 Å². The van der Waals surface area contributed by atoms with Crippen LogP contribution in [0.15, 0.2) is 42.1 Å².